The van der Waals surface area contributed by atoms with Gasteiger partial charge in [-0.1, -0.05) is 12.1 Å². The van der Waals surface area contributed by atoms with Crippen LogP contribution in [-0.2, 0) is 11.2 Å². The van der Waals surface area contributed by atoms with Crippen LogP contribution in [0.15, 0.2) is 52.7 Å². The molecule has 2 aromatic carbocycles. The molecule has 0 spiro atoms. The molecule has 0 amide bonds. The summed E-state index contributed by atoms with van der Waals surface area (Å²) >= 11 is 0. The Morgan fingerprint density at radius 1 is 1.25 bits per heavy atom. The zero-order chi connectivity index (χ0) is 17.7. The normalized spacial score (nSPS) is 12.2. The molecule has 0 aliphatic carbocycles. The van der Waals surface area contributed by atoms with Gasteiger partial charge in [0, 0.05) is 12.1 Å². The summed E-state index contributed by atoms with van der Waals surface area (Å²) in [6.45, 7) is 1.72. The first-order chi connectivity index (χ1) is 11.4. The van der Waals surface area contributed by atoms with E-state index in [-0.39, 0.29) is 12.1 Å². The molecule has 0 bridgehead atoms. The molecular formula is C16H16N4O4. The number of azo groups is 1. The smallest absolute Gasteiger partial charge is 0.320 e. The molecule has 0 aromatic heterocycles. The number of hydrogen-bond donors (Lipinski definition) is 2. The van der Waals surface area contributed by atoms with Crippen LogP contribution in [-0.4, -0.2) is 22.0 Å². The highest BCUT2D eigenvalue weighted by molar-refractivity contribution is 5.73. The van der Waals surface area contributed by atoms with Crippen molar-refractivity contribution in [2.45, 2.75) is 19.4 Å². The summed E-state index contributed by atoms with van der Waals surface area (Å²) in [7, 11) is 0. The Kier molecular flexibility index (Phi) is 5.33. The molecule has 2 rings (SSSR count). The average molecular weight is 328 g/mol. The van der Waals surface area contributed by atoms with Crippen LogP contribution >= 0.6 is 0 Å². The largest absolute Gasteiger partial charge is 0.480 e. The molecule has 3 N–H and O–H groups in total. The number of hydrogen-bond acceptors (Lipinski definition) is 6. The maximum Gasteiger partial charge on any atom is 0.320 e. The Morgan fingerprint density at radius 2 is 1.92 bits per heavy atom. The SMILES string of the molecule is Cc1cc([N+](=O)[O-])ccc1N=Nc1ccc(CC(N)C(=O)O)cc1. The third-order valence-electron chi connectivity index (χ3n) is 3.37. The van der Waals surface area contributed by atoms with Crippen molar-refractivity contribution in [3.8, 4) is 0 Å². The van der Waals surface area contributed by atoms with Gasteiger partial charge in [-0.05, 0) is 42.7 Å². The molecule has 124 valence electrons. The highest BCUT2D eigenvalue weighted by Gasteiger charge is 2.11. The monoisotopic (exact) mass is 328 g/mol. The third kappa shape index (κ3) is 4.43. The zero-order valence-corrected chi connectivity index (χ0v) is 12.9. The Hall–Kier alpha value is -3.13. The average Bonchev–Trinajstić information content (AvgIpc) is 2.54. The number of aliphatic carboxylic acids is 1. The van der Waals surface area contributed by atoms with Crippen LogP contribution in [0.2, 0.25) is 0 Å². The standard InChI is InChI=1S/C16H16N4O4/c1-10-8-13(20(23)24)6-7-15(10)19-18-12-4-2-11(3-5-12)9-14(17)16(21)22/h2-8,14H,9,17H2,1H3,(H,21,22). The number of nitro groups is 1. The lowest BCUT2D eigenvalue weighted by molar-refractivity contribution is -0.384. The molecule has 1 unspecified atom stereocenters. The second-order valence-electron chi connectivity index (χ2n) is 5.24. The molecule has 0 fully saturated rings. The van der Waals surface area contributed by atoms with Crippen molar-refractivity contribution in [2.75, 3.05) is 0 Å². The first-order valence-electron chi connectivity index (χ1n) is 7.11. The van der Waals surface area contributed by atoms with Crippen LogP contribution < -0.4 is 5.73 Å². The third-order valence-corrected chi connectivity index (χ3v) is 3.37. The summed E-state index contributed by atoms with van der Waals surface area (Å²) in [5.41, 5.74) is 8.05. The highest BCUT2D eigenvalue weighted by atomic mass is 16.6. The summed E-state index contributed by atoms with van der Waals surface area (Å²) in [6.07, 6.45) is 0.230. The molecule has 0 aliphatic heterocycles. The maximum atomic E-state index is 10.7. The quantitative estimate of drug-likeness (QED) is 0.477. The van der Waals surface area contributed by atoms with Crippen molar-refractivity contribution >= 4 is 23.0 Å². The zero-order valence-electron chi connectivity index (χ0n) is 12.9. The second kappa shape index (κ2) is 7.42. The van der Waals surface area contributed by atoms with Gasteiger partial charge in [0.15, 0.2) is 0 Å². The number of non-ortho nitro benzene ring substituents is 1. The minimum Gasteiger partial charge on any atom is -0.480 e. The number of rotatable bonds is 6. The number of nitrogens with two attached hydrogens (primary N) is 1. The van der Waals surface area contributed by atoms with Crippen LogP contribution in [0.3, 0.4) is 0 Å². The van der Waals surface area contributed by atoms with Gasteiger partial charge in [0.1, 0.15) is 6.04 Å². The maximum absolute atomic E-state index is 10.7. The molecule has 24 heavy (non-hydrogen) atoms. The number of benzene rings is 2. The number of aryl methyl sites for hydroxylation is 1. The van der Waals surface area contributed by atoms with Gasteiger partial charge in [-0.2, -0.15) is 10.2 Å². The highest BCUT2D eigenvalue weighted by Crippen LogP contribution is 2.25. The molecule has 8 nitrogen and oxygen atoms in total. The van der Waals surface area contributed by atoms with E-state index in [1.54, 1.807) is 31.2 Å². The van der Waals surface area contributed by atoms with E-state index in [2.05, 4.69) is 10.2 Å². The van der Waals surface area contributed by atoms with Crippen molar-refractivity contribution in [2.24, 2.45) is 16.0 Å². The molecule has 0 saturated carbocycles. The fraction of sp³-hybridized carbons (Fsp3) is 0.188. The summed E-state index contributed by atoms with van der Waals surface area (Å²) in [5.74, 6) is -1.05. The number of carboxylic acid groups (broad SMARTS) is 1. The minimum absolute atomic E-state index is 0.00516. The van der Waals surface area contributed by atoms with Crippen molar-refractivity contribution in [3.63, 3.8) is 0 Å². The van der Waals surface area contributed by atoms with Crippen LogP contribution in [0.25, 0.3) is 0 Å². The number of carboxylic acids is 1. The second-order valence-corrected chi connectivity index (χ2v) is 5.24. The van der Waals surface area contributed by atoms with Gasteiger partial charge in [-0.25, -0.2) is 0 Å². The lowest BCUT2D eigenvalue weighted by Crippen LogP contribution is -2.32. The molecule has 0 saturated heterocycles. The Balaban J connectivity index is 2.09. The van der Waals surface area contributed by atoms with E-state index in [9.17, 15) is 14.9 Å². The van der Waals surface area contributed by atoms with Crippen molar-refractivity contribution < 1.29 is 14.8 Å². The van der Waals surface area contributed by atoms with E-state index >= 15 is 0 Å². The Labute approximate surface area is 137 Å². The van der Waals surface area contributed by atoms with E-state index < -0.39 is 16.9 Å². The molecule has 0 heterocycles. The van der Waals surface area contributed by atoms with E-state index in [1.165, 1.54) is 18.2 Å². The van der Waals surface area contributed by atoms with Gasteiger partial charge in [-0.3, -0.25) is 14.9 Å². The number of nitrogens with zero attached hydrogens (tertiary/aromatic N) is 3. The van der Waals surface area contributed by atoms with E-state index in [0.717, 1.165) is 5.56 Å². The van der Waals surface area contributed by atoms with Crippen LogP contribution in [0.4, 0.5) is 17.1 Å². The first-order valence-corrected chi connectivity index (χ1v) is 7.11. The summed E-state index contributed by atoms with van der Waals surface area (Å²) in [5, 5.41) is 27.6. The summed E-state index contributed by atoms with van der Waals surface area (Å²) < 4.78 is 0. The molecule has 1 atom stereocenters. The van der Waals surface area contributed by atoms with Gasteiger partial charge >= 0.3 is 5.97 Å². The molecule has 0 aliphatic rings. The van der Waals surface area contributed by atoms with Gasteiger partial charge in [0.2, 0.25) is 0 Å². The fourth-order valence-electron chi connectivity index (χ4n) is 2.02. The van der Waals surface area contributed by atoms with Crippen LogP contribution in [0, 0.1) is 17.0 Å². The van der Waals surface area contributed by atoms with E-state index in [4.69, 9.17) is 10.8 Å². The number of carbonyl (C=O) groups is 1. The summed E-state index contributed by atoms with van der Waals surface area (Å²) in [6, 6.07) is 10.3. The molecule has 0 radical (unpaired) electrons. The topological polar surface area (TPSA) is 131 Å². The Morgan fingerprint density at radius 3 is 2.46 bits per heavy atom. The van der Waals surface area contributed by atoms with Gasteiger partial charge in [0.25, 0.3) is 5.69 Å². The van der Waals surface area contributed by atoms with Gasteiger partial charge in [-0.15, -0.1) is 0 Å². The fourth-order valence-corrected chi connectivity index (χ4v) is 2.02. The van der Waals surface area contributed by atoms with E-state index in [0.29, 0.717) is 16.9 Å². The minimum atomic E-state index is -1.05. The lowest BCUT2D eigenvalue weighted by Gasteiger charge is -2.06. The van der Waals surface area contributed by atoms with E-state index in [1.807, 2.05) is 0 Å². The predicted molar refractivity (Wildman–Crippen MR) is 87.8 cm³/mol. The summed E-state index contributed by atoms with van der Waals surface area (Å²) in [4.78, 5) is 21.0. The molecule has 2 aromatic rings. The van der Waals surface area contributed by atoms with Crippen LogP contribution in [0.1, 0.15) is 11.1 Å². The molecule has 8 heteroatoms. The van der Waals surface area contributed by atoms with Crippen LogP contribution in [0.5, 0.6) is 0 Å². The van der Waals surface area contributed by atoms with Crippen molar-refractivity contribution in [3.05, 3.63) is 63.7 Å². The lowest BCUT2D eigenvalue weighted by atomic mass is 10.1. The Bertz CT molecular complexity index is 787. The van der Waals surface area contributed by atoms with Gasteiger partial charge < -0.3 is 10.8 Å². The first kappa shape index (κ1) is 17.2. The van der Waals surface area contributed by atoms with Crippen molar-refractivity contribution in [1.82, 2.24) is 0 Å². The number of nitro benzene ring substituents is 1. The van der Waals surface area contributed by atoms with Gasteiger partial charge in [0.05, 0.1) is 16.3 Å². The molecular weight excluding hydrogens is 312 g/mol. The van der Waals surface area contributed by atoms with Crippen molar-refractivity contribution in [1.29, 1.82) is 0 Å². The predicted octanol–water partition coefficient (Wildman–Crippen LogP) is 3.27.